The third-order valence-electron chi connectivity index (χ3n) is 12.5. The minimum Gasteiger partial charge on any atom is -0.478 e. The van der Waals surface area contributed by atoms with Crippen molar-refractivity contribution < 1.29 is 37.5 Å². The van der Waals surface area contributed by atoms with Crippen LogP contribution in [0.1, 0.15) is 108 Å². The lowest BCUT2D eigenvalue weighted by Gasteiger charge is -2.36. The first kappa shape index (κ1) is 50.2. The van der Waals surface area contributed by atoms with Crippen LogP contribution in [0, 0.1) is 5.92 Å². The van der Waals surface area contributed by atoms with Gasteiger partial charge in [0.2, 0.25) is 21.8 Å². The van der Waals surface area contributed by atoms with Crippen LogP contribution in [0.25, 0.3) is 0 Å². The number of aryl methyl sites for hydroxylation is 2. The van der Waals surface area contributed by atoms with Crippen LogP contribution in [0.15, 0.2) is 89.8 Å². The van der Waals surface area contributed by atoms with E-state index in [9.17, 15) is 37.5 Å². The van der Waals surface area contributed by atoms with Gasteiger partial charge in [0.25, 0.3) is 11.8 Å². The second-order valence-corrected chi connectivity index (χ2v) is 20.0. The standard InChI is InChI=1S/C50H64N8O8S/c1-6-58(40-25-21-36(22-26-40)46(60)55-50(2,3)49(64)51-29-32-56(4)5)67(65,66)41-12-10-11-38(33-41)45(59)53-42-27-28-43(57-30-8-7-9-31-57)54-44(42)47(61)52-39-23-17-35(18-24-39)14-13-34-15-19-37(20-16-34)48(62)63/h10-12,15-20,23-24,27-28,33,36,40H,6-9,13-14,21-22,25-26,29-32H2,1-5H3,(H,51,64)(H,52,61)(H,53,59)(H,55,60)(H,62,63). The predicted octanol–water partition coefficient (Wildman–Crippen LogP) is 6.20. The third-order valence-corrected chi connectivity index (χ3v) is 14.5. The highest BCUT2D eigenvalue weighted by molar-refractivity contribution is 7.89. The van der Waals surface area contributed by atoms with Crippen LogP contribution in [0.2, 0.25) is 0 Å². The zero-order valence-electron chi connectivity index (χ0n) is 39.1. The number of anilines is 3. The summed E-state index contributed by atoms with van der Waals surface area (Å²) < 4.78 is 29.9. The Bertz CT molecular complexity index is 2500. The number of benzene rings is 3. The van der Waals surface area contributed by atoms with Crippen LogP contribution < -0.4 is 26.2 Å². The molecule has 1 saturated heterocycles. The SMILES string of the molecule is CCN(C1CCC(C(=O)NC(C)(C)C(=O)NCCN(C)C)CC1)S(=O)(=O)c1cccc(C(=O)Nc2ccc(N3CCCCC3)nc2C(=O)Nc2ccc(CCc3ccc(C(=O)O)cc3)cc2)c1. The highest BCUT2D eigenvalue weighted by atomic mass is 32.2. The number of nitrogens with zero attached hydrogens (tertiary/aromatic N) is 4. The average molecular weight is 937 g/mol. The quantitative estimate of drug-likeness (QED) is 0.0715. The van der Waals surface area contributed by atoms with E-state index in [1.165, 1.54) is 28.6 Å². The number of sulfonamides is 1. The van der Waals surface area contributed by atoms with Crippen molar-refractivity contribution in [2.24, 2.45) is 5.92 Å². The molecule has 5 N–H and O–H groups in total. The van der Waals surface area contributed by atoms with Crippen molar-refractivity contribution in [2.75, 3.05) is 62.4 Å². The first-order chi connectivity index (χ1) is 31.9. The van der Waals surface area contributed by atoms with E-state index in [4.69, 9.17) is 4.98 Å². The monoisotopic (exact) mass is 936 g/mol. The normalized spacial score (nSPS) is 16.6. The van der Waals surface area contributed by atoms with Gasteiger partial charge >= 0.3 is 5.97 Å². The Labute approximate surface area is 394 Å². The molecule has 0 radical (unpaired) electrons. The van der Waals surface area contributed by atoms with Crippen LogP contribution >= 0.6 is 0 Å². The fourth-order valence-electron chi connectivity index (χ4n) is 8.53. The topological polar surface area (TPSA) is 210 Å². The number of nitrogens with one attached hydrogen (secondary N) is 4. The number of carbonyl (C=O) groups excluding carboxylic acids is 4. The fourth-order valence-corrected chi connectivity index (χ4v) is 10.3. The van der Waals surface area contributed by atoms with Gasteiger partial charge in [0.1, 0.15) is 11.4 Å². The van der Waals surface area contributed by atoms with E-state index >= 15 is 0 Å². The molecule has 6 rings (SSSR count). The number of likely N-dealkylation sites (N-methyl/N-ethyl adjacent to an activating group) is 1. The van der Waals surface area contributed by atoms with E-state index in [0.717, 1.165) is 43.5 Å². The van der Waals surface area contributed by atoms with Gasteiger partial charge in [-0.25, -0.2) is 18.2 Å². The number of rotatable bonds is 19. The second kappa shape index (κ2) is 22.5. The number of amides is 4. The van der Waals surface area contributed by atoms with Gasteiger partial charge in [-0.1, -0.05) is 37.3 Å². The van der Waals surface area contributed by atoms with Gasteiger partial charge in [-0.3, -0.25) is 19.2 Å². The smallest absolute Gasteiger partial charge is 0.335 e. The van der Waals surface area contributed by atoms with Crippen molar-refractivity contribution in [3.8, 4) is 0 Å². The van der Waals surface area contributed by atoms with Gasteiger partial charge in [0.15, 0.2) is 5.69 Å². The summed E-state index contributed by atoms with van der Waals surface area (Å²) in [4.78, 5) is 74.0. The van der Waals surface area contributed by atoms with Crippen molar-refractivity contribution in [1.29, 1.82) is 0 Å². The number of carboxylic acid groups (broad SMARTS) is 1. The molecule has 1 aliphatic heterocycles. The average Bonchev–Trinajstić information content (AvgIpc) is 3.32. The van der Waals surface area contributed by atoms with E-state index in [0.29, 0.717) is 63.1 Å². The largest absolute Gasteiger partial charge is 0.478 e. The number of carbonyl (C=O) groups is 5. The maximum Gasteiger partial charge on any atom is 0.335 e. The van der Waals surface area contributed by atoms with Gasteiger partial charge in [0, 0.05) is 55.9 Å². The summed E-state index contributed by atoms with van der Waals surface area (Å²) in [5.41, 5.74) is 1.91. The summed E-state index contributed by atoms with van der Waals surface area (Å²) in [6.45, 7) is 7.97. The Hall–Kier alpha value is -6.17. The molecule has 0 atom stereocenters. The molecule has 0 bridgehead atoms. The molecule has 3 aromatic carbocycles. The molecule has 4 amide bonds. The first-order valence-corrected chi connectivity index (χ1v) is 24.6. The number of hydrogen-bond acceptors (Lipinski definition) is 10. The Morgan fingerprint density at radius 1 is 0.791 bits per heavy atom. The van der Waals surface area contributed by atoms with Crippen LogP contribution in [0.5, 0.6) is 0 Å². The maximum absolute atomic E-state index is 14.2. The summed E-state index contributed by atoms with van der Waals surface area (Å²) in [6.07, 6.45) is 6.29. The van der Waals surface area contributed by atoms with Crippen molar-refractivity contribution in [3.63, 3.8) is 0 Å². The van der Waals surface area contributed by atoms with Gasteiger partial charge < -0.3 is 36.2 Å². The number of aromatic nitrogens is 1. The molecular formula is C50H64N8O8S. The molecule has 1 aromatic heterocycles. The van der Waals surface area contributed by atoms with Crippen molar-refractivity contribution >= 4 is 56.8 Å². The van der Waals surface area contributed by atoms with E-state index in [1.807, 2.05) is 31.1 Å². The Morgan fingerprint density at radius 3 is 2.04 bits per heavy atom. The molecule has 2 heterocycles. The van der Waals surface area contributed by atoms with E-state index < -0.39 is 33.3 Å². The van der Waals surface area contributed by atoms with Crippen molar-refractivity contribution in [2.45, 2.75) is 95.0 Å². The molecule has 4 aromatic rings. The second-order valence-electron chi connectivity index (χ2n) is 18.1. The summed E-state index contributed by atoms with van der Waals surface area (Å²) in [7, 11) is -0.258. The van der Waals surface area contributed by atoms with E-state index in [-0.39, 0.29) is 57.7 Å². The number of piperidine rings is 1. The summed E-state index contributed by atoms with van der Waals surface area (Å²) in [6, 6.07) is 23.0. The molecule has 16 nitrogen and oxygen atoms in total. The lowest BCUT2D eigenvalue weighted by atomic mass is 9.85. The van der Waals surface area contributed by atoms with Gasteiger partial charge in [-0.05, 0) is 151 Å². The molecule has 2 aliphatic rings. The lowest BCUT2D eigenvalue weighted by molar-refractivity contribution is -0.134. The zero-order chi connectivity index (χ0) is 48.3. The summed E-state index contributed by atoms with van der Waals surface area (Å²) >= 11 is 0. The number of pyridine rings is 1. The minimum absolute atomic E-state index is 0.00219. The first-order valence-electron chi connectivity index (χ1n) is 23.1. The molecule has 0 spiro atoms. The lowest BCUT2D eigenvalue weighted by Crippen LogP contribution is -2.57. The highest BCUT2D eigenvalue weighted by Crippen LogP contribution is 2.32. The summed E-state index contributed by atoms with van der Waals surface area (Å²) in [5.74, 6) is -2.40. The number of aromatic carboxylic acids is 1. The van der Waals surface area contributed by atoms with Crippen LogP contribution in [0.4, 0.5) is 17.2 Å². The Kier molecular flexibility index (Phi) is 16.9. The van der Waals surface area contributed by atoms with Gasteiger partial charge in [-0.2, -0.15) is 4.31 Å². The van der Waals surface area contributed by atoms with Gasteiger partial charge in [0.05, 0.1) is 16.1 Å². The Balaban J connectivity index is 1.11. The molecule has 358 valence electrons. The summed E-state index contributed by atoms with van der Waals surface area (Å²) in [5, 5.41) is 20.7. The molecule has 1 aliphatic carbocycles. The maximum atomic E-state index is 14.2. The molecule has 67 heavy (non-hydrogen) atoms. The van der Waals surface area contributed by atoms with Gasteiger partial charge in [-0.15, -0.1) is 0 Å². The molecule has 0 unspecified atom stereocenters. The molecule has 17 heteroatoms. The van der Waals surface area contributed by atoms with Crippen molar-refractivity contribution in [1.82, 2.24) is 24.8 Å². The highest BCUT2D eigenvalue weighted by Gasteiger charge is 2.38. The number of carboxylic acids is 1. The Morgan fingerprint density at radius 2 is 1.43 bits per heavy atom. The fraction of sp³-hybridized carbons (Fsp3) is 0.440. The van der Waals surface area contributed by atoms with Crippen LogP contribution in [-0.2, 0) is 32.5 Å². The third kappa shape index (κ3) is 13.3. The van der Waals surface area contributed by atoms with E-state index in [1.54, 1.807) is 69.3 Å². The zero-order valence-corrected chi connectivity index (χ0v) is 40.0. The molecular weight excluding hydrogens is 873 g/mol. The van der Waals surface area contributed by atoms with E-state index in [2.05, 4.69) is 26.2 Å². The number of hydrogen-bond donors (Lipinski definition) is 5. The van der Waals surface area contributed by atoms with Crippen LogP contribution in [0.3, 0.4) is 0 Å². The molecule has 1 saturated carbocycles. The van der Waals surface area contributed by atoms with Crippen LogP contribution in [-0.4, -0.2) is 116 Å². The molecule has 2 fully saturated rings. The predicted molar refractivity (Wildman–Crippen MR) is 259 cm³/mol. The van der Waals surface area contributed by atoms with Crippen molar-refractivity contribution in [3.05, 3.63) is 113 Å². The minimum atomic E-state index is -4.08.